The van der Waals surface area contributed by atoms with Crippen molar-refractivity contribution in [1.29, 1.82) is 0 Å². The molecule has 0 bridgehead atoms. The molecule has 83 heavy (non-hydrogen) atoms. The molecule has 0 atom stereocenters. The van der Waals surface area contributed by atoms with E-state index in [1.165, 1.54) is 74.6 Å². The van der Waals surface area contributed by atoms with Crippen molar-refractivity contribution in [3.8, 4) is 0 Å². The number of allylic oxidation sites excluding steroid dienone is 4. The van der Waals surface area contributed by atoms with Crippen LogP contribution in [0.15, 0.2) is 86.2 Å². The summed E-state index contributed by atoms with van der Waals surface area (Å²) in [6, 6.07) is 15.5. The van der Waals surface area contributed by atoms with Gasteiger partial charge in [0.15, 0.2) is 5.78 Å². The molecule has 1 aliphatic heterocycles. The molecule has 6 N–H and O–H groups in total. The number of hydrogen-bond donors (Lipinski definition) is 3. The van der Waals surface area contributed by atoms with Crippen LogP contribution in [-0.2, 0) is 66.9 Å². The van der Waals surface area contributed by atoms with E-state index in [1.807, 2.05) is 79.1 Å². The number of aryl methyl sites for hydroxylation is 7. The Morgan fingerprint density at radius 3 is 1.55 bits per heavy atom. The van der Waals surface area contributed by atoms with Crippen LogP contribution in [0.25, 0.3) is 28.4 Å². The maximum absolute atomic E-state index is 10.9. The van der Waals surface area contributed by atoms with Gasteiger partial charge < -0.3 is 31.0 Å². The Labute approximate surface area is 547 Å². The van der Waals surface area contributed by atoms with Gasteiger partial charge in [0.05, 0.1) is 4.88 Å². The van der Waals surface area contributed by atoms with Gasteiger partial charge in [-0.3, -0.25) is 9.59 Å². The number of carboxylic acids is 2. The molecule has 0 unspecified atom stereocenters. The smallest absolute Gasteiger partial charge is 0.554 e. The number of carboxylic acid groups (broad SMARTS) is 3. The minimum atomic E-state index is -1.91. The first-order chi connectivity index (χ1) is 39.2. The fourth-order valence-corrected chi connectivity index (χ4v) is 21.5. The van der Waals surface area contributed by atoms with Crippen molar-refractivity contribution in [3.63, 3.8) is 0 Å². The van der Waals surface area contributed by atoms with Crippen molar-refractivity contribution in [2.24, 2.45) is 0 Å². The monoisotopic (exact) mass is 1500 g/mol. The third-order valence-electron chi connectivity index (χ3n) is 13.0. The molecule has 448 valence electrons. The first kappa shape index (κ1) is 73.5. The molecule has 0 spiro atoms. The van der Waals surface area contributed by atoms with Crippen LogP contribution in [0, 0.1) is 6.92 Å². The van der Waals surface area contributed by atoms with E-state index >= 15 is 0 Å². The predicted octanol–water partition coefficient (Wildman–Crippen LogP) is 17.8. The second kappa shape index (κ2) is 38.5. The van der Waals surface area contributed by atoms with Crippen LogP contribution < -0.4 is 14.2 Å². The van der Waals surface area contributed by atoms with E-state index < -0.39 is 57.4 Å². The zero-order valence-electron chi connectivity index (χ0n) is 46.6. The molecule has 7 aromatic rings. The van der Waals surface area contributed by atoms with Gasteiger partial charge in [0.2, 0.25) is 9.23 Å². The summed E-state index contributed by atoms with van der Waals surface area (Å²) < 4.78 is 15.8. The second-order valence-electron chi connectivity index (χ2n) is 19.7. The van der Waals surface area contributed by atoms with Gasteiger partial charge in [-0.2, -0.15) is 22.7 Å². The molecule has 0 radical (unpaired) electrons. The molecular formula is C58H67AlCl5NO9S8Sn. The second-order valence-corrected chi connectivity index (χ2v) is 50.7. The van der Waals surface area contributed by atoms with Crippen LogP contribution in [-0.4, -0.2) is 81.6 Å². The largest absolute Gasteiger partial charge is 0.643 e. The zero-order valence-corrected chi connectivity index (χ0v) is 60.9. The van der Waals surface area contributed by atoms with E-state index in [1.54, 1.807) is 107 Å². The normalized spacial score (nSPS) is 16.1. The van der Waals surface area contributed by atoms with E-state index in [2.05, 4.69) is 89.5 Å². The van der Waals surface area contributed by atoms with Crippen molar-refractivity contribution in [3.05, 3.63) is 154 Å². The Kier molecular flexibility index (Phi) is 34.1. The maximum Gasteiger partial charge on any atom is 0.643 e. The Morgan fingerprint density at radius 1 is 0.675 bits per heavy atom. The molecule has 1 fully saturated rings. The van der Waals surface area contributed by atoms with E-state index in [-0.39, 0.29) is 12.6 Å². The summed E-state index contributed by atoms with van der Waals surface area (Å²) in [7, 11) is 22.2. The number of ether oxygens (including phenoxy) is 1. The average molecular weight is 1500 g/mol. The molecule has 10 nitrogen and oxygen atoms in total. The van der Waals surface area contributed by atoms with Crippen molar-refractivity contribution >= 4 is 225 Å². The summed E-state index contributed by atoms with van der Waals surface area (Å²) in [5.41, 5.74) is 16.5. The van der Waals surface area contributed by atoms with Gasteiger partial charge in [-0.15, -0.1) is 34.0 Å². The molecule has 0 aromatic carbocycles. The van der Waals surface area contributed by atoms with Gasteiger partial charge in [0.1, 0.15) is 0 Å². The summed E-state index contributed by atoms with van der Waals surface area (Å²) in [6.45, 7) is 3.75. The van der Waals surface area contributed by atoms with Crippen LogP contribution in [0.2, 0.25) is 14.8 Å². The fourth-order valence-electron chi connectivity index (χ4n) is 9.36. The van der Waals surface area contributed by atoms with E-state index in [0.29, 0.717) is 12.2 Å². The molecule has 6 aliphatic rings. The van der Waals surface area contributed by atoms with Crippen LogP contribution in [0.5, 0.6) is 0 Å². The summed E-state index contributed by atoms with van der Waals surface area (Å²) >= 11 is 9.11. The summed E-state index contributed by atoms with van der Waals surface area (Å²) in [4.78, 5) is 55.8. The average Bonchev–Trinajstić information content (AvgIpc) is 2.86. The number of carbonyl (C=O) groups excluding carboxylic acids is 2. The van der Waals surface area contributed by atoms with Gasteiger partial charge in [-0.25, -0.2) is 39.2 Å². The molecule has 13 rings (SSSR count). The van der Waals surface area contributed by atoms with Gasteiger partial charge in [-0.05, 0) is 164 Å². The summed E-state index contributed by atoms with van der Waals surface area (Å²) in [5, 5.41) is 39.0. The number of fused-ring (bicyclic) bond motifs is 5. The Bertz CT molecular complexity index is 3190. The molecule has 8 heterocycles. The van der Waals surface area contributed by atoms with Gasteiger partial charge in [0.25, 0.3) is 0 Å². The topological polar surface area (TPSA) is 195 Å². The molecule has 0 amide bonds. The van der Waals surface area contributed by atoms with Crippen LogP contribution >= 0.6 is 131 Å². The molecule has 5 aliphatic carbocycles. The first-order valence-electron chi connectivity index (χ1n) is 26.1. The number of aliphatic carboxylic acids is 2. The summed E-state index contributed by atoms with van der Waals surface area (Å²) in [5.74, 6) is -1.31. The van der Waals surface area contributed by atoms with E-state index in [9.17, 15) is 14.4 Å². The zero-order chi connectivity index (χ0) is 59.8. The molecule has 0 saturated carbocycles. The number of quaternary nitrogens is 1. The number of halogens is 5. The molecular weight excluding hydrogens is 1430 g/mol. The van der Waals surface area contributed by atoms with Crippen LogP contribution in [0.4, 0.5) is 0 Å². The fraction of sp³-hybridized carbons (Fsp3) is 0.345. The number of ketones is 1. The Balaban J connectivity index is 0.000000214. The predicted molar refractivity (Wildman–Crippen MR) is 365 cm³/mol. The van der Waals surface area contributed by atoms with E-state index in [0.717, 1.165) is 48.1 Å². The SMILES string of the molecule is C1CCOC1.Cc1cc2c(s1)/C(=C1\CCc3c[c]([Sn]([CH3])([CH3])[CH3])sc31)CC2.O=C(O)/C=C/c1ccsc1.O=C(O)CCc1ccsc1.O=C1CCc2ccsc21.O=C[O-].O=S(Cl)Cl.[Cl][Al]([Cl])[Cl].[NH4+].c1cc2c(s1)/C(=C1\CCc3ccsc31)CC2. The minimum absolute atomic E-state index is 0. The Hall–Kier alpha value is -1.95. The number of Topliss-reactive ketones (excluding diaryl/α,β-unsaturated/α-hetero) is 1. The maximum atomic E-state index is 10.9. The third kappa shape index (κ3) is 24.9. The Morgan fingerprint density at radius 2 is 1.12 bits per heavy atom. The van der Waals surface area contributed by atoms with E-state index in [4.69, 9.17) is 59.2 Å². The molecule has 25 heteroatoms. The number of carbonyl (C=O) groups is 4. The molecule has 1 saturated heterocycles. The standard InChI is InChI=1S/C15H13S2.C14H12S2.C7H8O2S.C7H6O2S.C7H6OS.C4H8O.CH2O2.3CH3.Al.Cl2OS.3ClH.H3N.Sn/c1-9-8-11-3-5-13(15(11)17-9)12-4-2-10-6-7-16-14(10)12;1-3-11(13-9(1)5-7-15-13)12-4-2-10-6-8-16-14(10)12;2*8-7(9)2-1-6-3-4-10-5-6;8-6-2-1-5-3-4-9-7(5)6;1-2-4-5-3-1;2-1-3;;;;;1-4(2)3;;;;;/h6,8H,2-5H2,1H3;5-8H,1-4H2;3-5H,1-2H2,(H,8,9);1-5H,(H,8,9);3-4H,1-2H2;1-4H2;1H,(H,2,3);3*1H3;;;3*1H;1H3;/q;;;;;;;;;;+3;;;;;;/p-3/b13-12+;12-11+;;2-1+;;;;;;;;;;;;;. The van der Waals surface area contributed by atoms with Gasteiger partial charge in [-0.1, -0.05) is 0 Å². The number of hydrogen-bond acceptors (Lipinski definition) is 14. The summed E-state index contributed by atoms with van der Waals surface area (Å²) in [6.07, 6.45) is 18.0. The van der Waals surface area contributed by atoms with Gasteiger partial charge in [0, 0.05) is 69.7 Å². The van der Waals surface area contributed by atoms with Crippen LogP contribution in [0.1, 0.15) is 124 Å². The van der Waals surface area contributed by atoms with Crippen molar-refractivity contribution in [2.75, 3.05) is 13.2 Å². The van der Waals surface area contributed by atoms with Crippen molar-refractivity contribution in [1.82, 2.24) is 6.15 Å². The van der Waals surface area contributed by atoms with Crippen molar-refractivity contribution < 1.29 is 43.4 Å². The first-order valence-corrected chi connectivity index (χ1v) is 50.2. The van der Waals surface area contributed by atoms with Crippen molar-refractivity contribution in [2.45, 2.75) is 112 Å². The third-order valence-corrected chi connectivity index (χ3v) is 29.3. The number of thiophene rings is 7. The van der Waals surface area contributed by atoms with Gasteiger partial charge >= 0.3 is 164 Å². The van der Waals surface area contributed by atoms with Crippen LogP contribution in [0.3, 0.4) is 0 Å². The number of rotatable bonds is 6. The molecule has 7 aromatic heterocycles. The quantitative estimate of drug-likeness (QED) is 0.0628. The minimum Gasteiger partial charge on any atom is -0.554 e.